The van der Waals surface area contributed by atoms with Gasteiger partial charge in [0.1, 0.15) is 10.8 Å². The van der Waals surface area contributed by atoms with Crippen LogP contribution in [0, 0.1) is 6.92 Å². The lowest BCUT2D eigenvalue weighted by Gasteiger charge is -2.08. The molecule has 4 nitrogen and oxygen atoms in total. The average molecular weight is 359 g/mol. The van der Waals surface area contributed by atoms with Gasteiger partial charge in [-0.05, 0) is 55.5 Å². The van der Waals surface area contributed by atoms with E-state index in [2.05, 4.69) is 10.3 Å². The summed E-state index contributed by atoms with van der Waals surface area (Å²) in [6, 6.07) is 14.5. The minimum absolute atomic E-state index is 0.0572. The molecule has 0 saturated heterocycles. The van der Waals surface area contributed by atoms with Crippen molar-refractivity contribution < 1.29 is 9.53 Å². The lowest BCUT2D eigenvalue weighted by atomic mass is 10.2. The number of benzene rings is 2. The number of hydrogen-bond acceptors (Lipinski definition) is 4. The van der Waals surface area contributed by atoms with Crippen molar-refractivity contribution >= 4 is 34.5 Å². The predicted molar refractivity (Wildman–Crippen MR) is 97.9 cm³/mol. The molecule has 0 spiro atoms. The molecule has 3 aromatic rings. The van der Waals surface area contributed by atoms with E-state index in [1.54, 1.807) is 35.6 Å². The summed E-state index contributed by atoms with van der Waals surface area (Å²) in [7, 11) is 0. The molecule has 0 aliphatic heterocycles. The third-order valence-corrected chi connectivity index (χ3v) is 4.48. The minimum atomic E-state index is -0.225. The fourth-order valence-corrected chi connectivity index (χ4v) is 2.99. The number of thiazole rings is 1. The Labute approximate surface area is 149 Å². The highest BCUT2D eigenvalue weighted by Crippen LogP contribution is 2.25. The van der Waals surface area contributed by atoms with E-state index in [4.69, 9.17) is 16.3 Å². The van der Waals surface area contributed by atoms with Gasteiger partial charge in [-0.1, -0.05) is 11.6 Å². The maximum atomic E-state index is 11.9. The first-order valence-electron chi connectivity index (χ1n) is 7.31. The van der Waals surface area contributed by atoms with Crippen LogP contribution in [0.2, 0.25) is 5.02 Å². The lowest BCUT2D eigenvalue weighted by molar-refractivity contribution is -0.118. The van der Waals surface area contributed by atoms with Crippen molar-refractivity contribution in [3.63, 3.8) is 0 Å². The highest BCUT2D eigenvalue weighted by molar-refractivity contribution is 7.13. The number of carbonyl (C=O) groups excluding carboxylic acids is 1. The molecule has 24 heavy (non-hydrogen) atoms. The Hall–Kier alpha value is -2.37. The first kappa shape index (κ1) is 16.5. The second-order valence-electron chi connectivity index (χ2n) is 5.16. The number of aromatic nitrogens is 1. The van der Waals surface area contributed by atoms with Crippen LogP contribution in [0.1, 0.15) is 5.69 Å². The zero-order valence-corrected chi connectivity index (χ0v) is 14.5. The van der Waals surface area contributed by atoms with Gasteiger partial charge in [-0.15, -0.1) is 11.3 Å². The van der Waals surface area contributed by atoms with Gasteiger partial charge in [-0.2, -0.15) is 0 Å². The van der Waals surface area contributed by atoms with E-state index in [1.807, 2.05) is 36.6 Å². The van der Waals surface area contributed by atoms with E-state index in [9.17, 15) is 4.79 Å². The van der Waals surface area contributed by atoms with Crippen molar-refractivity contribution in [1.82, 2.24) is 4.98 Å². The van der Waals surface area contributed by atoms with Gasteiger partial charge < -0.3 is 10.1 Å². The molecule has 1 amide bonds. The fraction of sp³-hybridized carbons (Fsp3) is 0.111. The van der Waals surface area contributed by atoms with Crippen LogP contribution >= 0.6 is 22.9 Å². The number of nitrogens with one attached hydrogen (secondary N) is 1. The van der Waals surface area contributed by atoms with Crippen molar-refractivity contribution in [2.75, 3.05) is 11.9 Å². The largest absolute Gasteiger partial charge is 0.484 e. The Morgan fingerprint density at radius 1 is 1.17 bits per heavy atom. The van der Waals surface area contributed by atoms with Crippen molar-refractivity contribution in [1.29, 1.82) is 0 Å². The molecule has 3 rings (SSSR count). The van der Waals surface area contributed by atoms with E-state index in [-0.39, 0.29) is 12.5 Å². The van der Waals surface area contributed by atoms with E-state index >= 15 is 0 Å². The van der Waals surface area contributed by atoms with Gasteiger partial charge in [-0.25, -0.2) is 4.98 Å². The Bertz CT molecular complexity index is 829. The molecule has 0 aliphatic carbocycles. The van der Waals surface area contributed by atoms with Gasteiger partial charge >= 0.3 is 0 Å². The third kappa shape index (κ3) is 4.34. The summed E-state index contributed by atoms with van der Waals surface area (Å²) in [6.07, 6.45) is 0. The number of ether oxygens (including phenoxy) is 1. The summed E-state index contributed by atoms with van der Waals surface area (Å²) in [5.74, 6) is 0.412. The second-order valence-corrected chi connectivity index (χ2v) is 6.46. The zero-order chi connectivity index (χ0) is 16.9. The van der Waals surface area contributed by atoms with E-state index < -0.39 is 0 Å². The molecule has 0 aliphatic rings. The first-order chi connectivity index (χ1) is 11.6. The molecule has 1 heterocycles. The standard InChI is InChI=1S/C18H15ClN2O2S/c1-12-11-24-18(20-12)13-2-8-16(9-3-13)23-10-17(22)21-15-6-4-14(19)5-7-15/h2-9,11H,10H2,1H3,(H,21,22). The topological polar surface area (TPSA) is 51.2 Å². The Morgan fingerprint density at radius 3 is 2.50 bits per heavy atom. The van der Waals surface area contributed by atoms with Crippen molar-refractivity contribution in [2.24, 2.45) is 0 Å². The molecule has 2 aromatic carbocycles. The van der Waals surface area contributed by atoms with E-state index in [0.717, 1.165) is 16.3 Å². The molecule has 0 unspecified atom stereocenters. The Kier molecular flexibility index (Phi) is 5.13. The van der Waals surface area contributed by atoms with Crippen LogP contribution < -0.4 is 10.1 Å². The average Bonchev–Trinajstić information content (AvgIpc) is 3.02. The maximum Gasteiger partial charge on any atom is 0.262 e. The van der Waals surface area contributed by atoms with Crippen molar-refractivity contribution in [2.45, 2.75) is 6.92 Å². The zero-order valence-electron chi connectivity index (χ0n) is 13.0. The molecular weight excluding hydrogens is 344 g/mol. The number of nitrogens with zero attached hydrogens (tertiary/aromatic N) is 1. The summed E-state index contributed by atoms with van der Waals surface area (Å²) in [5.41, 5.74) is 2.72. The minimum Gasteiger partial charge on any atom is -0.484 e. The number of aryl methyl sites for hydroxylation is 1. The van der Waals surface area contributed by atoms with Gasteiger partial charge in [-0.3, -0.25) is 4.79 Å². The number of carbonyl (C=O) groups is 1. The van der Waals surface area contributed by atoms with Gasteiger partial charge in [0, 0.05) is 27.3 Å². The van der Waals surface area contributed by atoms with Crippen LogP contribution in [0.15, 0.2) is 53.9 Å². The molecule has 1 aromatic heterocycles. The lowest BCUT2D eigenvalue weighted by Crippen LogP contribution is -2.20. The third-order valence-electron chi connectivity index (χ3n) is 3.22. The molecule has 0 fully saturated rings. The normalized spacial score (nSPS) is 10.4. The number of halogens is 1. The highest BCUT2D eigenvalue weighted by atomic mass is 35.5. The number of hydrogen-bond donors (Lipinski definition) is 1. The van der Waals surface area contributed by atoms with Crippen molar-refractivity contribution in [3.05, 3.63) is 64.6 Å². The molecule has 0 atom stereocenters. The second kappa shape index (κ2) is 7.47. The van der Waals surface area contributed by atoms with Gasteiger partial charge in [0.25, 0.3) is 5.91 Å². The molecule has 6 heteroatoms. The summed E-state index contributed by atoms with van der Waals surface area (Å²) in [6.45, 7) is 1.91. The maximum absolute atomic E-state index is 11.9. The van der Waals surface area contributed by atoms with Gasteiger partial charge in [0.15, 0.2) is 6.61 Å². The Morgan fingerprint density at radius 2 is 1.88 bits per heavy atom. The molecule has 0 radical (unpaired) electrons. The van der Waals surface area contributed by atoms with Crippen molar-refractivity contribution in [3.8, 4) is 16.3 Å². The van der Waals surface area contributed by atoms with E-state index in [1.165, 1.54) is 0 Å². The molecule has 1 N–H and O–H groups in total. The van der Waals surface area contributed by atoms with Crippen LogP contribution in [0.3, 0.4) is 0 Å². The number of rotatable bonds is 5. The molecule has 122 valence electrons. The van der Waals surface area contributed by atoms with Crippen LogP contribution in [0.25, 0.3) is 10.6 Å². The SMILES string of the molecule is Cc1csc(-c2ccc(OCC(=O)Nc3ccc(Cl)cc3)cc2)n1. The fourth-order valence-electron chi connectivity index (χ4n) is 2.06. The summed E-state index contributed by atoms with van der Waals surface area (Å²) >= 11 is 7.41. The van der Waals surface area contributed by atoms with Gasteiger partial charge in [0.2, 0.25) is 0 Å². The summed E-state index contributed by atoms with van der Waals surface area (Å²) in [4.78, 5) is 16.3. The monoisotopic (exact) mass is 358 g/mol. The smallest absolute Gasteiger partial charge is 0.262 e. The summed E-state index contributed by atoms with van der Waals surface area (Å²) in [5, 5.41) is 6.36. The molecular formula is C18H15ClN2O2S. The highest BCUT2D eigenvalue weighted by Gasteiger charge is 2.06. The summed E-state index contributed by atoms with van der Waals surface area (Å²) < 4.78 is 5.50. The van der Waals surface area contributed by atoms with Gasteiger partial charge in [0.05, 0.1) is 0 Å². The van der Waals surface area contributed by atoms with Crippen LogP contribution in [0.4, 0.5) is 5.69 Å². The van der Waals surface area contributed by atoms with E-state index in [0.29, 0.717) is 16.5 Å². The number of anilines is 1. The Balaban J connectivity index is 1.54. The quantitative estimate of drug-likeness (QED) is 0.713. The first-order valence-corrected chi connectivity index (χ1v) is 8.57. The number of amides is 1. The predicted octanol–water partition coefficient (Wildman–Crippen LogP) is 4.79. The molecule has 0 bridgehead atoms. The van der Waals surface area contributed by atoms with Crippen LogP contribution in [-0.4, -0.2) is 17.5 Å². The molecule has 0 saturated carbocycles. The van der Waals surface area contributed by atoms with Crippen LogP contribution in [-0.2, 0) is 4.79 Å². The van der Waals surface area contributed by atoms with Crippen LogP contribution in [0.5, 0.6) is 5.75 Å².